The van der Waals surface area contributed by atoms with E-state index in [1.807, 2.05) is 0 Å². The fourth-order valence-electron chi connectivity index (χ4n) is 8.45. The lowest BCUT2D eigenvalue weighted by atomic mass is 10.0. The van der Waals surface area contributed by atoms with Crippen LogP contribution in [0.25, 0.3) is 0 Å². The lowest BCUT2D eigenvalue weighted by molar-refractivity contribution is -0.167. The number of unbranched alkanes of at least 4 members (excludes halogenated alkanes) is 34. The maximum absolute atomic E-state index is 12.8. The molecule has 0 saturated heterocycles. The highest BCUT2D eigenvalue weighted by atomic mass is 16.6. The predicted octanol–water partition coefficient (Wildman–Crippen LogP) is 19.4. The van der Waals surface area contributed by atoms with Crippen molar-refractivity contribution in [3.8, 4) is 0 Å². The van der Waals surface area contributed by atoms with Gasteiger partial charge in [0.25, 0.3) is 0 Å². The van der Waals surface area contributed by atoms with Crippen LogP contribution in [0.15, 0.2) is 48.6 Å². The minimum absolute atomic E-state index is 0.0778. The molecule has 0 fully saturated rings. The molecule has 0 aromatic carbocycles. The fraction of sp³-hybridized carbons (Fsp3) is 0.820. The zero-order valence-electron chi connectivity index (χ0n) is 44.7. The van der Waals surface area contributed by atoms with E-state index in [1.54, 1.807) is 0 Å². The van der Waals surface area contributed by atoms with E-state index in [4.69, 9.17) is 14.2 Å². The molecule has 0 aliphatic rings. The quantitative estimate of drug-likeness (QED) is 0.0262. The van der Waals surface area contributed by atoms with Gasteiger partial charge in [0.15, 0.2) is 6.10 Å². The van der Waals surface area contributed by atoms with E-state index >= 15 is 0 Å². The van der Waals surface area contributed by atoms with Crippen molar-refractivity contribution in [2.24, 2.45) is 0 Å². The number of allylic oxidation sites excluding steroid dienone is 8. The van der Waals surface area contributed by atoms with E-state index in [0.717, 1.165) is 96.3 Å². The Morgan fingerprint density at radius 3 is 0.925 bits per heavy atom. The van der Waals surface area contributed by atoms with Crippen LogP contribution in [0.5, 0.6) is 0 Å². The van der Waals surface area contributed by atoms with Crippen molar-refractivity contribution in [1.29, 1.82) is 0 Å². The van der Waals surface area contributed by atoms with Gasteiger partial charge in [-0.25, -0.2) is 0 Å². The fourth-order valence-corrected chi connectivity index (χ4v) is 8.45. The minimum atomic E-state index is -0.780. The minimum Gasteiger partial charge on any atom is -0.462 e. The number of hydrogen-bond donors (Lipinski definition) is 0. The molecule has 0 N–H and O–H groups in total. The monoisotopic (exact) mass is 939 g/mol. The molecule has 0 saturated carbocycles. The topological polar surface area (TPSA) is 78.9 Å². The Morgan fingerprint density at radius 2 is 0.582 bits per heavy atom. The molecule has 0 amide bonds. The molecule has 1 atom stereocenters. The van der Waals surface area contributed by atoms with E-state index in [2.05, 4.69) is 69.4 Å². The van der Waals surface area contributed by atoms with Gasteiger partial charge in [-0.3, -0.25) is 14.4 Å². The molecule has 0 aliphatic heterocycles. The Balaban J connectivity index is 4.32. The van der Waals surface area contributed by atoms with Crippen LogP contribution < -0.4 is 0 Å². The van der Waals surface area contributed by atoms with Crippen molar-refractivity contribution in [3.05, 3.63) is 48.6 Å². The van der Waals surface area contributed by atoms with E-state index in [9.17, 15) is 14.4 Å². The van der Waals surface area contributed by atoms with Crippen LogP contribution in [-0.2, 0) is 28.6 Å². The summed E-state index contributed by atoms with van der Waals surface area (Å²) in [4.78, 5) is 38.1. The number of carbonyl (C=O) groups is 3. The molecule has 0 heterocycles. The number of esters is 3. The Morgan fingerprint density at radius 1 is 0.313 bits per heavy atom. The van der Waals surface area contributed by atoms with Crippen molar-refractivity contribution in [3.63, 3.8) is 0 Å². The van der Waals surface area contributed by atoms with Crippen LogP contribution in [0, 0.1) is 0 Å². The van der Waals surface area contributed by atoms with Crippen molar-refractivity contribution in [1.82, 2.24) is 0 Å². The van der Waals surface area contributed by atoms with E-state index in [0.29, 0.717) is 19.3 Å². The molecular formula is C61H110O6. The van der Waals surface area contributed by atoms with Gasteiger partial charge < -0.3 is 14.2 Å². The third-order valence-corrected chi connectivity index (χ3v) is 12.8. The molecule has 0 aromatic heterocycles. The van der Waals surface area contributed by atoms with Crippen molar-refractivity contribution in [2.45, 2.75) is 309 Å². The zero-order valence-corrected chi connectivity index (χ0v) is 44.7. The molecule has 67 heavy (non-hydrogen) atoms. The smallest absolute Gasteiger partial charge is 0.306 e. The molecule has 0 radical (unpaired) electrons. The molecular weight excluding hydrogens is 829 g/mol. The first kappa shape index (κ1) is 64.4. The Hall–Kier alpha value is -2.63. The summed E-state index contributed by atoms with van der Waals surface area (Å²) >= 11 is 0. The van der Waals surface area contributed by atoms with Crippen LogP contribution in [-0.4, -0.2) is 37.2 Å². The SMILES string of the molecule is CC/C=C\C/C=C\C/C=C\CCCCCCCC(=O)OC(COC(=O)CCCCCCCCCCC/C=C\CCCCCCCCCC)COC(=O)CCCCCCCCCCCCCCC. The largest absolute Gasteiger partial charge is 0.462 e. The Labute approximate surface area is 416 Å². The van der Waals surface area contributed by atoms with Crippen molar-refractivity contribution >= 4 is 17.9 Å². The van der Waals surface area contributed by atoms with Gasteiger partial charge in [-0.05, 0) is 77.0 Å². The van der Waals surface area contributed by atoms with Gasteiger partial charge in [0.1, 0.15) is 13.2 Å². The van der Waals surface area contributed by atoms with Crippen LogP contribution in [0.4, 0.5) is 0 Å². The van der Waals surface area contributed by atoms with Crippen LogP contribution in [0.1, 0.15) is 303 Å². The highest BCUT2D eigenvalue weighted by molar-refractivity contribution is 5.71. The lowest BCUT2D eigenvalue weighted by Crippen LogP contribution is -2.30. The average molecular weight is 940 g/mol. The molecule has 0 rings (SSSR count). The molecule has 0 aliphatic carbocycles. The van der Waals surface area contributed by atoms with E-state index in [-0.39, 0.29) is 31.1 Å². The van der Waals surface area contributed by atoms with Crippen molar-refractivity contribution < 1.29 is 28.6 Å². The van der Waals surface area contributed by atoms with Crippen LogP contribution in [0.3, 0.4) is 0 Å². The summed E-state index contributed by atoms with van der Waals surface area (Å²) in [7, 11) is 0. The summed E-state index contributed by atoms with van der Waals surface area (Å²) in [6, 6.07) is 0. The number of carbonyl (C=O) groups excluding carboxylic acids is 3. The summed E-state index contributed by atoms with van der Waals surface area (Å²) < 4.78 is 16.9. The van der Waals surface area contributed by atoms with Crippen LogP contribution >= 0.6 is 0 Å². The van der Waals surface area contributed by atoms with Crippen LogP contribution in [0.2, 0.25) is 0 Å². The number of rotatable bonds is 53. The summed E-state index contributed by atoms with van der Waals surface area (Å²) in [6.45, 7) is 6.54. The first-order valence-electron chi connectivity index (χ1n) is 29.1. The molecule has 1 unspecified atom stereocenters. The van der Waals surface area contributed by atoms with E-state index in [1.165, 1.54) is 167 Å². The summed E-state index contributed by atoms with van der Waals surface area (Å²) in [5.41, 5.74) is 0. The number of ether oxygens (including phenoxy) is 3. The highest BCUT2D eigenvalue weighted by Crippen LogP contribution is 2.16. The maximum atomic E-state index is 12.8. The second kappa shape index (κ2) is 56.0. The predicted molar refractivity (Wildman–Crippen MR) is 289 cm³/mol. The average Bonchev–Trinajstić information content (AvgIpc) is 3.33. The molecule has 6 heteroatoms. The number of hydrogen-bond acceptors (Lipinski definition) is 6. The van der Waals surface area contributed by atoms with Gasteiger partial charge in [0, 0.05) is 19.3 Å². The van der Waals surface area contributed by atoms with Gasteiger partial charge in [-0.15, -0.1) is 0 Å². The summed E-state index contributed by atoms with van der Waals surface area (Å²) in [6.07, 6.45) is 68.2. The molecule has 6 nitrogen and oxygen atoms in total. The molecule has 0 aromatic rings. The first-order valence-corrected chi connectivity index (χ1v) is 29.1. The second-order valence-corrected chi connectivity index (χ2v) is 19.5. The molecule has 390 valence electrons. The second-order valence-electron chi connectivity index (χ2n) is 19.5. The zero-order chi connectivity index (χ0) is 48.6. The summed E-state index contributed by atoms with van der Waals surface area (Å²) in [5, 5.41) is 0. The third-order valence-electron chi connectivity index (χ3n) is 12.8. The van der Waals surface area contributed by atoms with Gasteiger partial charge >= 0.3 is 17.9 Å². The van der Waals surface area contributed by atoms with Gasteiger partial charge in [-0.1, -0.05) is 256 Å². The Bertz CT molecular complexity index is 1170. The summed E-state index contributed by atoms with van der Waals surface area (Å²) in [5.74, 6) is -0.883. The Kier molecular flexibility index (Phi) is 53.8. The third kappa shape index (κ3) is 54.2. The highest BCUT2D eigenvalue weighted by Gasteiger charge is 2.19. The normalized spacial score (nSPS) is 12.3. The van der Waals surface area contributed by atoms with Crippen molar-refractivity contribution in [2.75, 3.05) is 13.2 Å². The van der Waals surface area contributed by atoms with E-state index < -0.39 is 6.10 Å². The first-order chi connectivity index (χ1) is 33.0. The maximum Gasteiger partial charge on any atom is 0.306 e. The standard InChI is InChI=1S/C61H110O6/c1-4-7-10-13-16-19-22-25-27-28-29-30-31-32-34-36-39-42-45-48-51-54-60(63)66-57-58(56-65-59(62)53-50-47-44-41-38-35-24-21-18-15-12-9-6-3)67-61(64)55-52-49-46-43-40-37-33-26-23-20-17-14-11-8-5-2/h8,11,17,20,26,28-29,33,58H,4-7,9-10,12-16,18-19,21-25,27,30-32,34-57H2,1-3H3/b11-8-,20-17-,29-28-,33-26-. The van der Waals surface area contributed by atoms with Gasteiger partial charge in [0.05, 0.1) is 0 Å². The lowest BCUT2D eigenvalue weighted by Gasteiger charge is -2.18. The molecule has 0 spiro atoms. The molecule has 0 bridgehead atoms. The van der Waals surface area contributed by atoms with Gasteiger partial charge in [-0.2, -0.15) is 0 Å². The van der Waals surface area contributed by atoms with Gasteiger partial charge in [0.2, 0.25) is 0 Å².